The molecule has 0 fully saturated rings. The summed E-state index contributed by atoms with van der Waals surface area (Å²) in [7, 11) is 0. The zero-order chi connectivity index (χ0) is 7.40. The Morgan fingerprint density at radius 3 is 2.90 bits per heavy atom. The first-order chi connectivity index (χ1) is 4.79. The van der Waals surface area contributed by atoms with Gasteiger partial charge in [-0.1, -0.05) is 6.07 Å². The second-order valence-electron chi connectivity index (χ2n) is 1.60. The lowest BCUT2D eigenvalue weighted by Gasteiger charge is -1.85. The van der Waals surface area contributed by atoms with Crippen molar-refractivity contribution in [3.05, 3.63) is 36.2 Å². The Balaban J connectivity index is 2.87. The third-order valence-electron chi connectivity index (χ3n) is 0.873. The van der Waals surface area contributed by atoms with Crippen LogP contribution < -0.4 is 0 Å². The molecule has 0 aromatic carbocycles. The molecule has 51 valence electrons. The largest absolute Gasteiger partial charge is 0.272 e. The molecular formula is C7H4F2N. The number of rotatable bonds is 1. The molecule has 0 bridgehead atoms. The zero-order valence-electron chi connectivity index (χ0n) is 5.01. The molecular weight excluding hydrogens is 136 g/mol. The van der Waals surface area contributed by atoms with Gasteiger partial charge in [0.25, 0.3) is 6.08 Å². The molecule has 1 nitrogen and oxygen atoms in total. The van der Waals surface area contributed by atoms with E-state index in [1.807, 2.05) is 0 Å². The fraction of sp³-hybridized carbons (Fsp3) is 0. The Bertz CT molecular complexity index is 227. The molecule has 0 aliphatic carbocycles. The molecule has 0 unspecified atom stereocenters. The van der Waals surface area contributed by atoms with Crippen LogP contribution in [0, 0.1) is 6.07 Å². The van der Waals surface area contributed by atoms with E-state index in [2.05, 4.69) is 11.1 Å². The van der Waals surface area contributed by atoms with Crippen LogP contribution in [0.2, 0.25) is 0 Å². The third kappa shape index (κ3) is 1.93. The molecule has 0 amide bonds. The van der Waals surface area contributed by atoms with E-state index in [4.69, 9.17) is 0 Å². The molecule has 1 radical (unpaired) electrons. The van der Waals surface area contributed by atoms with E-state index in [9.17, 15) is 8.78 Å². The Morgan fingerprint density at radius 2 is 2.40 bits per heavy atom. The number of hydrogen-bond acceptors (Lipinski definition) is 1. The van der Waals surface area contributed by atoms with Crippen molar-refractivity contribution < 1.29 is 8.78 Å². The molecule has 1 aromatic rings. The summed E-state index contributed by atoms with van der Waals surface area (Å²) >= 11 is 0. The minimum atomic E-state index is -1.75. The van der Waals surface area contributed by atoms with Crippen molar-refractivity contribution >= 4 is 6.08 Å². The SMILES string of the molecule is FC(F)=Cc1[c]cccn1. The number of aromatic nitrogens is 1. The van der Waals surface area contributed by atoms with Gasteiger partial charge in [0.1, 0.15) is 0 Å². The maximum Gasteiger partial charge on any atom is 0.272 e. The molecule has 3 heteroatoms. The van der Waals surface area contributed by atoms with Gasteiger partial charge in [-0.2, -0.15) is 8.78 Å². The Hall–Kier alpha value is -1.25. The molecule has 0 aliphatic heterocycles. The highest BCUT2D eigenvalue weighted by molar-refractivity contribution is 5.43. The van der Waals surface area contributed by atoms with Crippen molar-refractivity contribution in [2.24, 2.45) is 0 Å². The topological polar surface area (TPSA) is 12.9 Å². The number of nitrogens with zero attached hydrogens (tertiary/aromatic N) is 1. The predicted octanol–water partition coefficient (Wildman–Crippen LogP) is 2.12. The van der Waals surface area contributed by atoms with Crippen molar-refractivity contribution in [1.29, 1.82) is 0 Å². The molecule has 0 N–H and O–H groups in total. The van der Waals surface area contributed by atoms with Crippen LogP contribution in [0.4, 0.5) is 8.78 Å². The summed E-state index contributed by atoms with van der Waals surface area (Å²) in [6, 6.07) is 5.68. The van der Waals surface area contributed by atoms with Crippen LogP contribution in [0.5, 0.6) is 0 Å². The van der Waals surface area contributed by atoms with Gasteiger partial charge in [-0.25, -0.2) is 0 Å². The van der Waals surface area contributed by atoms with Crippen LogP contribution in [-0.2, 0) is 0 Å². The highest BCUT2D eigenvalue weighted by Crippen LogP contribution is 2.03. The molecule has 0 saturated carbocycles. The lowest BCUT2D eigenvalue weighted by molar-refractivity contribution is 0.429. The molecule has 0 aliphatic rings. The van der Waals surface area contributed by atoms with Crippen LogP contribution in [0.15, 0.2) is 24.4 Å². The van der Waals surface area contributed by atoms with E-state index in [0.29, 0.717) is 6.08 Å². The van der Waals surface area contributed by atoms with E-state index in [0.717, 1.165) is 0 Å². The smallest absolute Gasteiger partial charge is 0.256 e. The van der Waals surface area contributed by atoms with E-state index < -0.39 is 6.08 Å². The van der Waals surface area contributed by atoms with Crippen LogP contribution in [0.25, 0.3) is 6.08 Å². The summed E-state index contributed by atoms with van der Waals surface area (Å²) in [5.41, 5.74) is 0.155. The van der Waals surface area contributed by atoms with Crippen molar-refractivity contribution in [2.45, 2.75) is 0 Å². The normalized spacial score (nSPS) is 9.00. The van der Waals surface area contributed by atoms with Crippen molar-refractivity contribution in [3.8, 4) is 0 Å². The van der Waals surface area contributed by atoms with Gasteiger partial charge in [0, 0.05) is 18.3 Å². The maximum absolute atomic E-state index is 11.5. The van der Waals surface area contributed by atoms with Gasteiger partial charge in [-0.15, -0.1) is 0 Å². The number of pyridine rings is 1. The minimum Gasteiger partial charge on any atom is -0.256 e. The average Bonchev–Trinajstić information content (AvgIpc) is 1.88. The van der Waals surface area contributed by atoms with Gasteiger partial charge in [0.15, 0.2) is 0 Å². The Morgan fingerprint density at radius 1 is 1.60 bits per heavy atom. The quantitative estimate of drug-likeness (QED) is 0.582. The Kier molecular flexibility index (Phi) is 2.10. The van der Waals surface area contributed by atoms with E-state index in [1.165, 1.54) is 12.3 Å². The highest BCUT2D eigenvalue weighted by atomic mass is 19.3. The van der Waals surface area contributed by atoms with Gasteiger partial charge >= 0.3 is 0 Å². The Labute approximate surface area is 57.0 Å². The monoisotopic (exact) mass is 140 g/mol. The van der Waals surface area contributed by atoms with Gasteiger partial charge in [-0.3, -0.25) is 4.98 Å². The first-order valence-corrected chi connectivity index (χ1v) is 2.64. The summed E-state index contributed by atoms with van der Waals surface area (Å²) in [6.45, 7) is 0. The molecule has 1 aromatic heterocycles. The van der Waals surface area contributed by atoms with E-state index >= 15 is 0 Å². The fourth-order valence-corrected chi connectivity index (χ4v) is 0.519. The van der Waals surface area contributed by atoms with Crippen molar-refractivity contribution in [3.63, 3.8) is 0 Å². The number of hydrogen-bond donors (Lipinski definition) is 0. The second kappa shape index (κ2) is 3.06. The molecule has 10 heavy (non-hydrogen) atoms. The summed E-state index contributed by atoms with van der Waals surface area (Å²) in [5.74, 6) is 0. The standard InChI is InChI=1S/C7H4F2N/c8-7(9)5-6-3-1-2-4-10-6/h1-2,4-5H. The molecule has 0 spiro atoms. The lowest BCUT2D eigenvalue weighted by Crippen LogP contribution is -1.76. The predicted molar refractivity (Wildman–Crippen MR) is 33.3 cm³/mol. The van der Waals surface area contributed by atoms with Crippen LogP contribution >= 0.6 is 0 Å². The van der Waals surface area contributed by atoms with Gasteiger partial charge in [0.2, 0.25) is 0 Å². The van der Waals surface area contributed by atoms with E-state index in [-0.39, 0.29) is 5.69 Å². The van der Waals surface area contributed by atoms with Gasteiger partial charge < -0.3 is 0 Å². The molecule has 0 atom stereocenters. The molecule has 1 rings (SSSR count). The summed E-state index contributed by atoms with van der Waals surface area (Å²) in [5, 5.41) is 0. The van der Waals surface area contributed by atoms with Crippen LogP contribution in [0.1, 0.15) is 5.69 Å². The molecule has 1 heterocycles. The second-order valence-corrected chi connectivity index (χ2v) is 1.60. The van der Waals surface area contributed by atoms with Crippen LogP contribution in [-0.4, -0.2) is 4.98 Å². The van der Waals surface area contributed by atoms with Crippen LogP contribution in [0.3, 0.4) is 0 Å². The zero-order valence-corrected chi connectivity index (χ0v) is 5.01. The van der Waals surface area contributed by atoms with Crippen molar-refractivity contribution in [1.82, 2.24) is 4.98 Å². The number of halogens is 2. The van der Waals surface area contributed by atoms with Gasteiger partial charge in [-0.05, 0) is 6.07 Å². The van der Waals surface area contributed by atoms with Gasteiger partial charge in [0.05, 0.1) is 5.69 Å². The third-order valence-corrected chi connectivity index (χ3v) is 0.873. The maximum atomic E-state index is 11.5. The van der Waals surface area contributed by atoms with E-state index in [1.54, 1.807) is 6.07 Å². The first kappa shape index (κ1) is 6.86. The summed E-state index contributed by atoms with van der Waals surface area (Å²) in [4.78, 5) is 3.61. The highest BCUT2D eigenvalue weighted by Gasteiger charge is 1.90. The average molecular weight is 140 g/mol. The van der Waals surface area contributed by atoms with Crippen molar-refractivity contribution in [2.75, 3.05) is 0 Å². The lowest BCUT2D eigenvalue weighted by atomic mass is 10.3. The molecule has 0 saturated heterocycles. The summed E-state index contributed by atoms with van der Waals surface area (Å²) < 4.78 is 23.0. The first-order valence-electron chi connectivity index (χ1n) is 2.64. The fourth-order valence-electron chi connectivity index (χ4n) is 0.519. The minimum absolute atomic E-state index is 0.155. The summed E-state index contributed by atoms with van der Waals surface area (Å²) in [6.07, 6.45) is 0.348.